The Kier molecular flexibility index (Phi) is 7.50. The molecule has 0 aliphatic carbocycles. The van der Waals surface area contributed by atoms with Gasteiger partial charge in [0.15, 0.2) is 11.6 Å². The van der Waals surface area contributed by atoms with Crippen LogP contribution in [0, 0.1) is 11.6 Å². The highest BCUT2D eigenvalue weighted by Crippen LogP contribution is 2.48. The fourth-order valence-corrected chi connectivity index (χ4v) is 5.03. The van der Waals surface area contributed by atoms with Crippen molar-refractivity contribution in [3.05, 3.63) is 106 Å². The molecule has 0 amide bonds. The molecule has 1 N–H and O–H groups in total. The summed E-state index contributed by atoms with van der Waals surface area (Å²) in [5.74, 6) is -2.57. The van der Waals surface area contributed by atoms with Crippen LogP contribution in [0.25, 0.3) is 10.9 Å². The summed E-state index contributed by atoms with van der Waals surface area (Å²) in [6.45, 7) is 0.435. The summed E-state index contributed by atoms with van der Waals surface area (Å²) >= 11 is 3.54. The first-order chi connectivity index (χ1) is 16.8. The van der Waals surface area contributed by atoms with Crippen LogP contribution in [0.15, 0.2) is 77.3 Å². The van der Waals surface area contributed by atoms with Crippen molar-refractivity contribution in [1.29, 1.82) is 0 Å². The van der Waals surface area contributed by atoms with Crippen molar-refractivity contribution in [3.63, 3.8) is 0 Å². The number of aliphatic hydroxyl groups is 1. The second-order valence-electron chi connectivity index (χ2n) is 8.82. The summed E-state index contributed by atoms with van der Waals surface area (Å²) < 4.78 is 36.2. The Morgan fingerprint density at radius 3 is 2.43 bits per heavy atom. The Bertz CT molecular complexity index is 1330. The molecule has 0 aliphatic heterocycles. The lowest BCUT2D eigenvalue weighted by Crippen LogP contribution is -2.38. The normalized spacial score (nSPS) is 14.2. The first kappa shape index (κ1) is 25.2. The zero-order chi connectivity index (χ0) is 25.2. The molecule has 7 heteroatoms. The van der Waals surface area contributed by atoms with Crippen LogP contribution in [-0.2, 0) is 5.60 Å². The number of pyridine rings is 1. The van der Waals surface area contributed by atoms with Gasteiger partial charge in [0.2, 0.25) is 5.88 Å². The minimum absolute atomic E-state index is 0.107. The third-order valence-corrected chi connectivity index (χ3v) is 6.90. The molecule has 0 saturated carbocycles. The average Bonchev–Trinajstić information content (AvgIpc) is 2.85. The van der Waals surface area contributed by atoms with Gasteiger partial charge in [-0.25, -0.2) is 13.8 Å². The smallest absolute Gasteiger partial charge is 0.217 e. The molecule has 1 aromatic heterocycles. The molecule has 4 aromatic rings. The van der Waals surface area contributed by atoms with Gasteiger partial charge in [-0.1, -0.05) is 54.6 Å². The number of para-hydroxylation sites is 1. The second kappa shape index (κ2) is 10.4. The SMILES string of the molecule is COc1nc2c(Br)cccc2cc1C(c1ccccc1)C(O)(CCN(C)C)c1cccc(F)c1F. The Morgan fingerprint density at radius 1 is 1.03 bits per heavy atom. The van der Waals surface area contributed by atoms with E-state index in [0.717, 1.165) is 21.5 Å². The molecule has 0 saturated heterocycles. The zero-order valence-corrected chi connectivity index (χ0v) is 21.4. The van der Waals surface area contributed by atoms with Crippen LogP contribution in [0.4, 0.5) is 8.78 Å². The number of ether oxygens (including phenoxy) is 1. The molecule has 4 nitrogen and oxygen atoms in total. The summed E-state index contributed by atoms with van der Waals surface area (Å²) in [5, 5.41) is 13.2. The Labute approximate surface area is 212 Å². The predicted molar refractivity (Wildman–Crippen MR) is 138 cm³/mol. The van der Waals surface area contributed by atoms with Crippen LogP contribution in [0.2, 0.25) is 0 Å². The van der Waals surface area contributed by atoms with Crippen LogP contribution in [0.1, 0.15) is 29.0 Å². The second-order valence-corrected chi connectivity index (χ2v) is 9.68. The van der Waals surface area contributed by atoms with E-state index in [9.17, 15) is 9.50 Å². The number of benzene rings is 3. The molecule has 2 unspecified atom stereocenters. The third kappa shape index (κ3) is 4.94. The Morgan fingerprint density at radius 2 is 1.74 bits per heavy atom. The number of nitrogens with zero attached hydrogens (tertiary/aromatic N) is 2. The highest BCUT2D eigenvalue weighted by molar-refractivity contribution is 9.10. The maximum absolute atomic E-state index is 15.3. The van der Waals surface area contributed by atoms with Gasteiger partial charge in [0.1, 0.15) is 5.60 Å². The van der Waals surface area contributed by atoms with Crippen molar-refractivity contribution in [1.82, 2.24) is 9.88 Å². The Hall–Kier alpha value is -2.87. The van der Waals surface area contributed by atoms with Gasteiger partial charge in [-0.15, -0.1) is 0 Å². The van der Waals surface area contributed by atoms with Crippen molar-refractivity contribution < 1.29 is 18.6 Å². The van der Waals surface area contributed by atoms with Crippen LogP contribution in [-0.4, -0.2) is 42.7 Å². The monoisotopic (exact) mass is 540 g/mol. The van der Waals surface area contributed by atoms with Crippen LogP contribution in [0.3, 0.4) is 0 Å². The number of halogens is 3. The molecule has 4 rings (SSSR count). The summed E-state index contributed by atoms with van der Waals surface area (Å²) in [6.07, 6.45) is 0.139. The van der Waals surface area contributed by atoms with Crippen molar-refractivity contribution >= 4 is 26.8 Å². The van der Waals surface area contributed by atoms with E-state index < -0.39 is 23.2 Å². The van der Waals surface area contributed by atoms with Gasteiger partial charge in [0.25, 0.3) is 0 Å². The predicted octanol–water partition coefficient (Wildman–Crippen LogP) is 6.26. The molecule has 2 atom stereocenters. The van der Waals surface area contributed by atoms with Crippen molar-refractivity contribution in [2.24, 2.45) is 0 Å². The molecule has 182 valence electrons. The van der Waals surface area contributed by atoms with Crippen molar-refractivity contribution in [2.45, 2.75) is 17.9 Å². The summed E-state index contributed by atoms with van der Waals surface area (Å²) in [6, 6.07) is 20.8. The van der Waals surface area contributed by atoms with E-state index in [1.54, 1.807) is 0 Å². The number of hydrogen-bond donors (Lipinski definition) is 1. The lowest BCUT2D eigenvalue weighted by atomic mass is 9.71. The van der Waals surface area contributed by atoms with E-state index >= 15 is 4.39 Å². The molecule has 35 heavy (non-hydrogen) atoms. The molecular weight excluding hydrogens is 514 g/mol. The van der Waals surface area contributed by atoms with Gasteiger partial charge < -0.3 is 14.7 Å². The fraction of sp³-hybridized carbons (Fsp3) is 0.250. The lowest BCUT2D eigenvalue weighted by Gasteiger charge is -2.39. The molecular formula is C28H27BrF2N2O2. The van der Waals surface area contributed by atoms with Gasteiger partial charge in [-0.2, -0.15) is 0 Å². The largest absolute Gasteiger partial charge is 0.481 e. The standard InChI is InChI=1S/C28H27BrF2N2O2/c1-33(2)16-15-28(34,21-12-8-14-23(30)25(21)31)24(18-9-5-4-6-10-18)20-17-19-11-7-13-22(29)26(19)32-27(20)35-3/h4-14,17,24,34H,15-16H2,1-3H3. The molecule has 0 fully saturated rings. The molecule has 0 aliphatic rings. The third-order valence-electron chi connectivity index (χ3n) is 6.26. The molecule has 0 radical (unpaired) electrons. The van der Waals surface area contributed by atoms with Gasteiger partial charge in [-0.3, -0.25) is 0 Å². The highest BCUT2D eigenvalue weighted by Gasteiger charge is 2.44. The maximum Gasteiger partial charge on any atom is 0.217 e. The molecule has 1 heterocycles. The Balaban J connectivity index is 2.06. The van der Waals surface area contributed by atoms with E-state index in [-0.39, 0.29) is 12.0 Å². The minimum atomic E-state index is -1.81. The highest BCUT2D eigenvalue weighted by atomic mass is 79.9. The van der Waals surface area contributed by atoms with Crippen molar-refractivity contribution in [2.75, 3.05) is 27.7 Å². The summed E-state index contributed by atoms with van der Waals surface area (Å²) in [7, 11) is 5.25. The number of methoxy groups -OCH3 is 1. The van der Waals surface area contributed by atoms with Gasteiger partial charge in [0.05, 0.1) is 12.6 Å². The van der Waals surface area contributed by atoms with Gasteiger partial charge >= 0.3 is 0 Å². The number of fused-ring (bicyclic) bond motifs is 1. The van der Waals surface area contributed by atoms with E-state index in [4.69, 9.17) is 9.72 Å². The first-order valence-corrected chi connectivity index (χ1v) is 12.0. The molecule has 0 spiro atoms. The van der Waals surface area contributed by atoms with Gasteiger partial charge in [0, 0.05) is 33.4 Å². The molecule has 0 bridgehead atoms. The van der Waals surface area contributed by atoms with Crippen LogP contribution >= 0.6 is 15.9 Å². The maximum atomic E-state index is 15.3. The number of aromatic nitrogens is 1. The van der Waals surface area contributed by atoms with Crippen LogP contribution < -0.4 is 4.74 Å². The lowest BCUT2D eigenvalue weighted by molar-refractivity contribution is 0.0000755. The summed E-state index contributed by atoms with van der Waals surface area (Å²) in [5.41, 5.74) is 0.0891. The van der Waals surface area contributed by atoms with E-state index in [1.165, 1.54) is 19.2 Å². The quantitative estimate of drug-likeness (QED) is 0.286. The number of rotatable bonds is 8. The van der Waals surface area contributed by atoms with E-state index in [2.05, 4.69) is 15.9 Å². The fourth-order valence-electron chi connectivity index (χ4n) is 4.56. The molecule has 3 aromatic carbocycles. The average molecular weight is 541 g/mol. The summed E-state index contributed by atoms with van der Waals surface area (Å²) in [4.78, 5) is 6.62. The topological polar surface area (TPSA) is 45.6 Å². The van der Waals surface area contributed by atoms with E-state index in [1.807, 2.05) is 73.6 Å². The number of hydrogen-bond acceptors (Lipinski definition) is 4. The zero-order valence-electron chi connectivity index (χ0n) is 19.8. The van der Waals surface area contributed by atoms with Crippen molar-refractivity contribution in [3.8, 4) is 5.88 Å². The van der Waals surface area contributed by atoms with E-state index in [0.29, 0.717) is 23.5 Å². The first-order valence-electron chi connectivity index (χ1n) is 11.3. The van der Waals surface area contributed by atoms with Crippen LogP contribution in [0.5, 0.6) is 5.88 Å². The van der Waals surface area contributed by atoms with Gasteiger partial charge in [-0.05, 0) is 60.2 Å². The minimum Gasteiger partial charge on any atom is -0.481 e.